The van der Waals surface area contributed by atoms with Gasteiger partial charge in [-0.25, -0.2) is 18.6 Å². The van der Waals surface area contributed by atoms with Gasteiger partial charge in [-0.15, -0.1) is 0 Å². The van der Waals surface area contributed by atoms with Crippen LogP contribution >= 0.6 is 0 Å². The van der Waals surface area contributed by atoms with E-state index in [9.17, 15) is 13.6 Å². The topological polar surface area (TPSA) is 75.7 Å². The van der Waals surface area contributed by atoms with E-state index < -0.39 is 23.7 Å². The van der Waals surface area contributed by atoms with E-state index in [2.05, 4.69) is 15.6 Å². The number of anilines is 2. The molecule has 2 aromatic carbocycles. The van der Waals surface area contributed by atoms with E-state index in [1.165, 1.54) is 0 Å². The summed E-state index contributed by atoms with van der Waals surface area (Å²) in [6.45, 7) is 6.51. The van der Waals surface area contributed by atoms with Crippen molar-refractivity contribution in [3.8, 4) is 0 Å². The van der Waals surface area contributed by atoms with Gasteiger partial charge in [0.05, 0.1) is 13.2 Å². The number of carbonyl (C=O) groups is 1. The summed E-state index contributed by atoms with van der Waals surface area (Å²) in [6.07, 6.45) is 0.365. The molecule has 1 saturated heterocycles. The zero-order valence-electron chi connectivity index (χ0n) is 21.7. The fourth-order valence-corrected chi connectivity index (χ4v) is 4.24. The van der Waals surface area contributed by atoms with Crippen LogP contribution in [0, 0.1) is 0 Å². The molecule has 2 N–H and O–H groups in total. The molecule has 0 saturated carbocycles. The lowest BCUT2D eigenvalue weighted by molar-refractivity contribution is -0.174. The molecule has 37 heavy (non-hydrogen) atoms. The van der Waals surface area contributed by atoms with Crippen molar-refractivity contribution >= 4 is 28.4 Å². The fraction of sp³-hybridized carbons (Fsp3) is 0.429. The first-order valence-electron chi connectivity index (χ1n) is 12.4. The highest BCUT2D eigenvalue weighted by Gasteiger charge is 2.44. The average molecular weight is 513 g/mol. The van der Waals surface area contributed by atoms with E-state index in [0.717, 1.165) is 27.6 Å². The van der Waals surface area contributed by atoms with Gasteiger partial charge in [0.25, 0.3) is 5.92 Å². The van der Waals surface area contributed by atoms with Crippen LogP contribution in [0.3, 0.4) is 0 Å². The Labute approximate surface area is 216 Å². The van der Waals surface area contributed by atoms with Crippen LogP contribution in [-0.2, 0) is 22.6 Å². The summed E-state index contributed by atoms with van der Waals surface area (Å²) in [5.41, 5.74) is 2.23. The van der Waals surface area contributed by atoms with Gasteiger partial charge < -0.3 is 19.7 Å². The lowest BCUT2D eigenvalue weighted by atomic mass is 10.0. The minimum absolute atomic E-state index is 0.163. The molecule has 1 aliphatic rings. The van der Waals surface area contributed by atoms with Crippen LogP contribution in [0.25, 0.3) is 10.8 Å². The first-order valence-corrected chi connectivity index (χ1v) is 12.4. The smallest absolute Gasteiger partial charge is 0.413 e. The van der Waals surface area contributed by atoms with Crippen LogP contribution in [0.1, 0.15) is 38.3 Å². The molecule has 9 heteroatoms. The summed E-state index contributed by atoms with van der Waals surface area (Å²) in [6, 6.07) is 15.4. The van der Waals surface area contributed by atoms with Crippen molar-refractivity contribution in [3.63, 3.8) is 0 Å². The van der Waals surface area contributed by atoms with Crippen molar-refractivity contribution in [1.82, 2.24) is 9.88 Å². The Kier molecular flexibility index (Phi) is 7.94. The third kappa shape index (κ3) is 7.36. The van der Waals surface area contributed by atoms with E-state index in [4.69, 9.17) is 9.47 Å². The SMILES string of the molecule is CN1CCC(OCc2ccc(CNc3ccc4c(NC(=O)OC(C)(C)C)nccc4c3)cc2)C(F)(F)C1. The van der Waals surface area contributed by atoms with Gasteiger partial charge in [-0.2, -0.15) is 0 Å². The first kappa shape index (κ1) is 26.8. The number of aromatic nitrogens is 1. The fourth-order valence-electron chi connectivity index (χ4n) is 4.24. The highest BCUT2D eigenvalue weighted by Crippen LogP contribution is 2.30. The molecule has 198 valence electrons. The normalized spacial score (nSPS) is 17.9. The Morgan fingerprint density at radius 3 is 2.57 bits per heavy atom. The van der Waals surface area contributed by atoms with E-state index >= 15 is 0 Å². The number of benzene rings is 2. The monoisotopic (exact) mass is 512 g/mol. The number of nitrogens with zero attached hydrogens (tertiary/aromatic N) is 2. The van der Waals surface area contributed by atoms with Crippen LogP contribution in [0.4, 0.5) is 25.1 Å². The highest BCUT2D eigenvalue weighted by molar-refractivity contribution is 5.99. The maximum atomic E-state index is 14.2. The third-order valence-electron chi connectivity index (χ3n) is 6.08. The summed E-state index contributed by atoms with van der Waals surface area (Å²) in [5, 5.41) is 7.83. The molecule has 0 bridgehead atoms. The number of carbonyl (C=O) groups excluding carboxylic acids is 1. The zero-order chi connectivity index (χ0) is 26.6. The Balaban J connectivity index is 1.32. The van der Waals surface area contributed by atoms with Gasteiger partial charge in [-0.3, -0.25) is 5.32 Å². The number of fused-ring (bicyclic) bond motifs is 1. The molecule has 1 fully saturated rings. The minimum Gasteiger partial charge on any atom is -0.444 e. The van der Waals surface area contributed by atoms with Gasteiger partial charge in [0.15, 0.2) is 0 Å². The molecule has 7 nitrogen and oxygen atoms in total. The Hall–Kier alpha value is -3.30. The lowest BCUT2D eigenvalue weighted by Gasteiger charge is -2.36. The molecule has 0 aliphatic carbocycles. The number of likely N-dealkylation sites (tertiary alicyclic amines) is 1. The van der Waals surface area contributed by atoms with E-state index in [-0.39, 0.29) is 13.2 Å². The molecule has 1 atom stereocenters. The molecule has 1 aromatic heterocycles. The number of pyridine rings is 1. The molecule has 1 amide bonds. The van der Waals surface area contributed by atoms with Gasteiger partial charge in [0.2, 0.25) is 0 Å². The van der Waals surface area contributed by atoms with Crippen LogP contribution in [0.5, 0.6) is 0 Å². The number of halogens is 2. The van der Waals surface area contributed by atoms with Crippen molar-refractivity contribution in [2.75, 3.05) is 30.8 Å². The average Bonchev–Trinajstić information content (AvgIpc) is 2.81. The first-order chi connectivity index (χ1) is 17.5. The zero-order valence-corrected chi connectivity index (χ0v) is 21.7. The predicted octanol–water partition coefficient (Wildman–Crippen LogP) is 6.05. The summed E-state index contributed by atoms with van der Waals surface area (Å²) in [5.74, 6) is -2.39. The second-order valence-electron chi connectivity index (χ2n) is 10.5. The number of alkyl halides is 2. The molecule has 2 heterocycles. The third-order valence-corrected chi connectivity index (χ3v) is 6.08. The number of hydrogen-bond acceptors (Lipinski definition) is 6. The molecule has 4 rings (SSSR count). The van der Waals surface area contributed by atoms with Gasteiger partial charge in [-0.05, 0) is 75.0 Å². The van der Waals surface area contributed by atoms with Crippen molar-refractivity contribution in [2.24, 2.45) is 0 Å². The van der Waals surface area contributed by atoms with Gasteiger partial charge in [-0.1, -0.05) is 24.3 Å². The maximum absolute atomic E-state index is 14.2. The van der Waals surface area contributed by atoms with Crippen molar-refractivity contribution < 1.29 is 23.0 Å². The number of piperidine rings is 1. The number of nitrogens with one attached hydrogen (secondary N) is 2. The Morgan fingerprint density at radius 1 is 1.14 bits per heavy atom. The van der Waals surface area contributed by atoms with E-state index in [1.807, 2.05) is 48.5 Å². The summed E-state index contributed by atoms with van der Waals surface area (Å²) >= 11 is 0. The maximum Gasteiger partial charge on any atom is 0.413 e. The van der Waals surface area contributed by atoms with Crippen LogP contribution < -0.4 is 10.6 Å². The standard InChI is InChI=1S/C28H34F2N4O3/c1-27(2,3)37-26(35)33-25-23-10-9-22(15-21(23)11-13-31-25)32-16-19-5-7-20(8-6-19)17-36-24-12-14-34(4)18-28(24,29)30/h5-11,13,15,24,32H,12,14,16-18H2,1-4H3,(H,31,33,35). The largest absolute Gasteiger partial charge is 0.444 e. The van der Waals surface area contributed by atoms with Crippen molar-refractivity contribution in [3.05, 3.63) is 65.9 Å². The number of rotatable bonds is 7. The van der Waals surface area contributed by atoms with E-state index in [0.29, 0.717) is 25.3 Å². The van der Waals surface area contributed by atoms with Crippen molar-refractivity contribution in [1.29, 1.82) is 0 Å². The highest BCUT2D eigenvalue weighted by atomic mass is 19.3. The van der Waals surface area contributed by atoms with Gasteiger partial charge in [0, 0.05) is 30.4 Å². The van der Waals surface area contributed by atoms with Crippen molar-refractivity contribution in [2.45, 2.75) is 58.0 Å². The minimum atomic E-state index is -2.83. The predicted molar refractivity (Wildman–Crippen MR) is 141 cm³/mol. The molecule has 0 spiro atoms. The van der Waals surface area contributed by atoms with Gasteiger partial charge >= 0.3 is 6.09 Å². The molecule has 3 aromatic rings. The molecular weight excluding hydrogens is 478 g/mol. The number of hydrogen-bond donors (Lipinski definition) is 2. The second kappa shape index (κ2) is 11.0. The van der Waals surface area contributed by atoms with Crippen LogP contribution in [-0.4, -0.2) is 53.7 Å². The molecule has 0 radical (unpaired) electrons. The second-order valence-corrected chi connectivity index (χ2v) is 10.5. The Morgan fingerprint density at radius 2 is 1.86 bits per heavy atom. The number of ether oxygens (including phenoxy) is 2. The molecule has 1 aliphatic heterocycles. The molecule has 1 unspecified atom stereocenters. The van der Waals surface area contributed by atoms with E-state index in [1.54, 1.807) is 38.9 Å². The number of amides is 1. The van der Waals surface area contributed by atoms with Gasteiger partial charge in [0.1, 0.15) is 17.5 Å². The molecular formula is C28H34F2N4O3. The quantitative estimate of drug-likeness (QED) is 0.401. The Bertz CT molecular complexity index is 1230. The summed E-state index contributed by atoms with van der Waals surface area (Å²) in [4.78, 5) is 18.1. The summed E-state index contributed by atoms with van der Waals surface area (Å²) < 4.78 is 39.3. The van der Waals surface area contributed by atoms with Crippen LogP contribution in [0.15, 0.2) is 54.7 Å². The van der Waals surface area contributed by atoms with Crippen LogP contribution in [0.2, 0.25) is 0 Å². The lowest BCUT2D eigenvalue weighted by Crippen LogP contribution is -2.51. The summed E-state index contributed by atoms with van der Waals surface area (Å²) in [7, 11) is 1.70.